The van der Waals surface area contributed by atoms with Crippen LogP contribution in [0.3, 0.4) is 0 Å². The Balaban J connectivity index is 3.49. The predicted octanol–water partition coefficient (Wildman–Crippen LogP) is 16.6. The van der Waals surface area contributed by atoms with E-state index in [2.05, 4.69) is 67.8 Å². The van der Waals surface area contributed by atoms with Gasteiger partial charge in [0.15, 0.2) is 0 Å². The largest absolute Gasteiger partial charge is 0.466 e. The Bertz CT molecular complexity index is 1070. The first-order valence-electron chi connectivity index (χ1n) is 27.4. The van der Waals surface area contributed by atoms with Crippen LogP contribution in [0.25, 0.3) is 0 Å². The first-order valence-corrected chi connectivity index (χ1v) is 27.4. The van der Waals surface area contributed by atoms with Gasteiger partial charge in [-0.1, -0.05) is 229 Å². The number of carbonyl (C=O) groups excluding carboxylic acids is 2. The average molecular weight is 884 g/mol. The van der Waals surface area contributed by atoms with Crippen molar-refractivity contribution in [2.24, 2.45) is 0 Å². The molecule has 0 aliphatic heterocycles. The predicted molar refractivity (Wildman–Crippen MR) is 273 cm³/mol. The smallest absolute Gasteiger partial charge is 0.305 e. The lowest BCUT2D eigenvalue weighted by atomic mass is 10.0. The third-order valence-electron chi connectivity index (χ3n) is 12.4. The summed E-state index contributed by atoms with van der Waals surface area (Å²) < 4.78 is 5.44. The number of nitrogens with one attached hydrogen (secondary N) is 1. The van der Waals surface area contributed by atoms with Crippen molar-refractivity contribution in [1.29, 1.82) is 0 Å². The number of aliphatic hydroxyl groups is 2. The fourth-order valence-electron chi connectivity index (χ4n) is 8.12. The summed E-state index contributed by atoms with van der Waals surface area (Å²) in [5.74, 6) is -0.0748. The minimum atomic E-state index is -0.671. The van der Waals surface area contributed by atoms with Crippen LogP contribution in [0.1, 0.15) is 277 Å². The lowest BCUT2D eigenvalue weighted by molar-refractivity contribution is -0.143. The quantitative estimate of drug-likeness (QED) is 0.0245. The Morgan fingerprint density at radius 2 is 0.857 bits per heavy atom. The summed E-state index contributed by atoms with van der Waals surface area (Å²) in [5.41, 5.74) is 0. The highest BCUT2D eigenvalue weighted by molar-refractivity contribution is 5.76. The van der Waals surface area contributed by atoms with Crippen molar-refractivity contribution in [3.63, 3.8) is 0 Å². The number of aliphatic hydroxyl groups excluding tert-OH is 2. The van der Waals surface area contributed by atoms with Crippen LogP contribution in [0.15, 0.2) is 48.6 Å². The molecule has 0 bridgehead atoms. The normalized spacial score (nSPS) is 13.0. The first-order chi connectivity index (χ1) is 31.0. The highest BCUT2D eigenvalue weighted by Gasteiger charge is 2.20. The maximum absolute atomic E-state index is 12.4. The molecule has 0 saturated carbocycles. The highest BCUT2D eigenvalue weighted by Crippen LogP contribution is 2.16. The summed E-state index contributed by atoms with van der Waals surface area (Å²) in [6.07, 6.45) is 65.2. The van der Waals surface area contributed by atoms with Crippen LogP contribution in [0.5, 0.6) is 0 Å². The molecule has 368 valence electrons. The van der Waals surface area contributed by atoms with Crippen molar-refractivity contribution in [2.45, 2.75) is 289 Å². The third-order valence-corrected chi connectivity index (χ3v) is 12.4. The zero-order valence-electron chi connectivity index (χ0n) is 41.8. The molecule has 63 heavy (non-hydrogen) atoms. The number of allylic oxidation sites excluding steroid dienone is 8. The van der Waals surface area contributed by atoms with Crippen molar-refractivity contribution in [2.75, 3.05) is 13.2 Å². The maximum atomic E-state index is 12.4. The zero-order chi connectivity index (χ0) is 45.8. The van der Waals surface area contributed by atoms with E-state index in [0.717, 1.165) is 83.5 Å². The molecule has 0 aromatic carbocycles. The number of esters is 1. The van der Waals surface area contributed by atoms with E-state index < -0.39 is 12.1 Å². The van der Waals surface area contributed by atoms with Crippen LogP contribution < -0.4 is 5.32 Å². The molecule has 2 atom stereocenters. The molecule has 0 radical (unpaired) electrons. The fourth-order valence-corrected chi connectivity index (χ4v) is 8.12. The third kappa shape index (κ3) is 49.1. The van der Waals surface area contributed by atoms with Gasteiger partial charge in [0.1, 0.15) is 0 Å². The van der Waals surface area contributed by atoms with Crippen LogP contribution >= 0.6 is 0 Å². The molecule has 0 spiro atoms. The molecule has 0 heterocycles. The van der Waals surface area contributed by atoms with Crippen LogP contribution in [0.4, 0.5) is 0 Å². The number of carbonyl (C=O) groups is 2. The Morgan fingerprint density at radius 1 is 0.460 bits per heavy atom. The summed E-state index contributed by atoms with van der Waals surface area (Å²) in [6, 6.07) is -0.549. The van der Waals surface area contributed by atoms with E-state index in [0.29, 0.717) is 25.9 Å². The maximum Gasteiger partial charge on any atom is 0.305 e. The molecule has 6 nitrogen and oxygen atoms in total. The van der Waals surface area contributed by atoms with Crippen molar-refractivity contribution >= 4 is 11.9 Å². The Hall–Kier alpha value is -2.18. The van der Waals surface area contributed by atoms with Crippen LogP contribution in [-0.4, -0.2) is 47.4 Å². The number of hydrogen-bond acceptors (Lipinski definition) is 5. The Labute approximate surface area is 391 Å². The molecular formula is C57H105NO5. The van der Waals surface area contributed by atoms with Gasteiger partial charge < -0.3 is 20.3 Å². The van der Waals surface area contributed by atoms with Crippen LogP contribution in [-0.2, 0) is 14.3 Å². The molecule has 3 N–H and O–H groups in total. The molecule has 0 aliphatic rings. The van der Waals surface area contributed by atoms with Gasteiger partial charge in [0.25, 0.3) is 0 Å². The van der Waals surface area contributed by atoms with E-state index >= 15 is 0 Å². The topological polar surface area (TPSA) is 95.9 Å². The molecule has 0 fully saturated rings. The molecule has 0 aromatic heterocycles. The second kappa shape index (κ2) is 52.4. The van der Waals surface area contributed by atoms with E-state index in [9.17, 15) is 19.8 Å². The summed E-state index contributed by atoms with van der Waals surface area (Å²) >= 11 is 0. The lowest BCUT2D eigenvalue weighted by Gasteiger charge is -2.22. The van der Waals surface area contributed by atoms with Gasteiger partial charge in [-0.3, -0.25) is 9.59 Å². The van der Waals surface area contributed by atoms with Gasteiger partial charge in [-0.25, -0.2) is 0 Å². The van der Waals surface area contributed by atoms with Crippen molar-refractivity contribution in [1.82, 2.24) is 5.32 Å². The fraction of sp³-hybridized carbons (Fsp3) is 0.825. The molecule has 0 aliphatic carbocycles. The number of hydrogen-bond donors (Lipinski definition) is 3. The number of ether oxygens (including phenoxy) is 1. The van der Waals surface area contributed by atoms with Crippen molar-refractivity contribution in [3.8, 4) is 0 Å². The van der Waals surface area contributed by atoms with E-state index in [4.69, 9.17) is 4.74 Å². The van der Waals surface area contributed by atoms with Gasteiger partial charge in [0, 0.05) is 12.8 Å². The van der Waals surface area contributed by atoms with Crippen LogP contribution in [0, 0.1) is 0 Å². The van der Waals surface area contributed by atoms with E-state index in [-0.39, 0.29) is 18.5 Å². The number of amides is 1. The summed E-state index contributed by atoms with van der Waals surface area (Å²) in [6.45, 7) is 4.86. The molecular weight excluding hydrogens is 779 g/mol. The monoisotopic (exact) mass is 884 g/mol. The first kappa shape index (κ1) is 60.8. The van der Waals surface area contributed by atoms with Gasteiger partial charge in [-0.2, -0.15) is 0 Å². The van der Waals surface area contributed by atoms with Gasteiger partial charge in [0.05, 0.1) is 25.4 Å². The van der Waals surface area contributed by atoms with E-state index in [1.54, 1.807) is 0 Å². The van der Waals surface area contributed by atoms with E-state index in [1.165, 1.54) is 161 Å². The Kier molecular flexibility index (Phi) is 50.6. The second-order valence-electron chi connectivity index (χ2n) is 18.6. The van der Waals surface area contributed by atoms with Gasteiger partial charge in [-0.15, -0.1) is 0 Å². The Morgan fingerprint density at radius 3 is 1.35 bits per heavy atom. The average Bonchev–Trinajstić information content (AvgIpc) is 3.28. The molecule has 1 amide bonds. The second-order valence-corrected chi connectivity index (χ2v) is 18.6. The number of unbranched alkanes of at least 4 members (excludes halogenated alkanes) is 32. The molecule has 2 unspecified atom stereocenters. The summed E-state index contributed by atoms with van der Waals surface area (Å²) in [4.78, 5) is 24.4. The minimum Gasteiger partial charge on any atom is -0.466 e. The van der Waals surface area contributed by atoms with Gasteiger partial charge in [-0.05, 0) is 83.5 Å². The number of rotatable bonds is 50. The highest BCUT2D eigenvalue weighted by atomic mass is 16.5. The van der Waals surface area contributed by atoms with Crippen molar-refractivity contribution in [3.05, 3.63) is 48.6 Å². The van der Waals surface area contributed by atoms with Crippen molar-refractivity contribution < 1.29 is 24.5 Å². The summed E-state index contributed by atoms with van der Waals surface area (Å²) in [5, 5.41) is 23.2. The minimum absolute atomic E-state index is 0.0286. The molecule has 0 saturated heterocycles. The van der Waals surface area contributed by atoms with Gasteiger partial charge >= 0.3 is 5.97 Å². The van der Waals surface area contributed by atoms with Gasteiger partial charge in [0.2, 0.25) is 5.91 Å². The molecule has 6 heteroatoms. The molecule has 0 aromatic rings. The standard InChI is InChI=1S/C57H105NO5/c1-3-5-7-9-11-13-15-17-27-31-35-39-43-47-51-57(62)63-52-48-44-40-36-32-28-24-22-20-18-19-21-23-26-30-34-38-42-46-50-56(61)58-54(53-59)55(60)49-45-41-37-33-29-25-16-14-12-10-8-6-4-2/h9,11,15,17,22,24,28,32,54-55,59-60H,3-8,10,12-14,16,18-21,23,25-27,29-31,33-53H2,1-2H3,(H,58,61)/b11-9-,17-15-,24-22-,32-28-. The zero-order valence-corrected chi connectivity index (χ0v) is 41.8. The van der Waals surface area contributed by atoms with E-state index in [1.807, 2.05) is 0 Å². The lowest BCUT2D eigenvalue weighted by Crippen LogP contribution is -2.45. The van der Waals surface area contributed by atoms with Crippen LogP contribution in [0.2, 0.25) is 0 Å². The molecule has 0 rings (SSSR count). The summed E-state index contributed by atoms with van der Waals surface area (Å²) in [7, 11) is 0. The SMILES string of the molecule is CCCC/C=C\C/C=C\CCCCCCCC(=O)OCCCCC/C=C\C=C/CCCCCCCCCCCCC(=O)NC(CO)C(O)CCCCCCCCCCCCCCC.